The van der Waals surface area contributed by atoms with Crippen LogP contribution in [0.5, 0.6) is 0 Å². The van der Waals surface area contributed by atoms with Crippen molar-refractivity contribution in [3.8, 4) is 0 Å². The molecule has 108 heavy (non-hydrogen) atoms. The first-order valence-corrected chi connectivity index (χ1v) is 38.6. The first-order chi connectivity index (χ1) is 63.5. The van der Waals surface area contributed by atoms with E-state index in [1.54, 1.807) is 48.6 Å². The largest absolute Gasteiger partial charge is 0.481 e. The molecule has 0 saturated heterocycles. The number of ketones is 1. The summed E-state index contributed by atoms with van der Waals surface area (Å²) < 4.78 is 235. The van der Waals surface area contributed by atoms with Crippen LogP contribution in [0.25, 0.3) is 0 Å². The summed E-state index contributed by atoms with van der Waals surface area (Å²) in [5, 5.41) is 34.1. The summed E-state index contributed by atoms with van der Waals surface area (Å²) in [6.07, 6.45) is 47.5. The Kier molecular flexibility index (Phi) is 61.7. The highest BCUT2D eigenvalue weighted by Crippen LogP contribution is 2.11. The van der Waals surface area contributed by atoms with Gasteiger partial charge < -0.3 is 25.2 Å². The molecule has 0 radical (unpaired) electrons. The van der Waals surface area contributed by atoms with Crippen molar-refractivity contribution < 1.29 is 85.5 Å². The van der Waals surface area contributed by atoms with Crippen LogP contribution in [0.2, 0.25) is 0 Å². The van der Waals surface area contributed by atoms with Gasteiger partial charge in [0, 0.05) is 73.2 Å². The zero-order chi connectivity index (χ0) is 107. The van der Waals surface area contributed by atoms with Crippen molar-refractivity contribution in [1.82, 2.24) is 0 Å². The van der Waals surface area contributed by atoms with Crippen molar-refractivity contribution in [3.63, 3.8) is 0 Å². The second kappa shape index (κ2) is 106. The van der Waals surface area contributed by atoms with E-state index in [2.05, 4.69) is 13.8 Å². The third kappa shape index (κ3) is 128. The van der Waals surface area contributed by atoms with Gasteiger partial charge in [-0.05, 0) is 218 Å². The molecular weight excluding hydrogens is 1330 g/mol. The molecule has 4 N–H and O–H groups in total. The zero-order valence-corrected chi connectivity index (χ0v) is 66.3. The molecule has 0 heterocycles. The van der Waals surface area contributed by atoms with E-state index < -0.39 is 119 Å². The highest BCUT2D eigenvalue weighted by Gasteiger charge is 1.98. The maximum Gasteiger partial charge on any atom is 0.303 e. The molecule has 0 aliphatic heterocycles. The molecule has 0 bridgehead atoms. The normalized spacial score (nSPS) is 18.5. The molecule has 0 aliphatic carbocycles. The number of carbonyl (C=O) groups is 5. The molecule has 0 aromatic heterocycles. The minimum Gasteiger partial charge on any atom is -0.481 e. The molecule has 0 atom stereocenters. The van der Waals surface area contributed by atoms with E-state index in [0.29, 0.717) is 57.8 Å². The summed E-state index contributed by atoms with van der Waals surface area (Å²) in [7, 11) is 0. The molecule has 0 aromatic rings. The number of carboxylic acid groups (broad SMARTS) is 4. The first-order valence-electron chi connectivity index (χ1n) is 53.6. The standard InChI is InChI=1S/C23H34O.C20H32O2.C20H30O2.C18H32O2.C18H30O2/c1-3-4-5-6-7-8-9-10-11-12-13-14-15-16-17-18-19-20-21-22-23(2)24;2*1-2-3-4-5-6-7-8-9-10-11-12-13-14-15-16-17-18-19-20(21)22;2*1-2-3-4-5-6-7-8-9-10-11-12-13-14-15-16-17-18(19)20/h4-5,7-8,10-11,13-14,16-17,19-20H,3,6,9,12,15,18,21-22H2,1-2H3;6-7,9-10,12-13,15-16H,2-5,8,11,14,17-19H2,1H3,(H,21,22);3-4,6-7,9-10,12-13,15-16H,2,5,8,11,14,17-19H2,1H3,(H,21,22);6-7,9-10H,2-5,8,11-17H2,1H3,(H,19,20);3-4,6-7,9-10H,2,5,8,11-17H2,1H3,(H,19,20)/b5-4-,8-7-,11-10-,14-13-,17-16-,20-19-;7-6-,10-9-,13-12-,16-15-;4-3-,7-6-,10-9-,13-12-,16-15-;7-6-,10-9-;4-3-,7-6-,10-9-/i6D2,9D2,12D2,15D2,18D2;8D2,11D2,14D2;5D2,8D2,11D2,14D2;8D2;5D2,8D2. The maximum absolute atomic E-state index is 10.9. The van der Waals surface area contributed by atoms with Gasteiger partial charge in [0.05, 0.1) is 0 Å². The van der Waals surface area contributed by atoms with E-state index in [4.69, 9.17) is 61.5 Å². The molecule has 0 aliphatic rings. The van der Waals surface area contributed by atoms with E-state index in [-0.39, 0.29) is 31.5 Å². The van der Waals surface area contributed by atoms with Crippen LogP contribution in [0.15, 0.2) is 243 Å². The fourth-order valence-corrected chi connectivity index (χ4v) is 7.60. The third-order valence-corrected chi connectivity index (χ3v) is 13.3. The van der Waals surface area contributed by atoms with E-state index in [1.165, 1.54) is 92.7 Å². The van der Waals surface area contributed by atoms with E-state index in [1.807, 2.05) is 32.9 Å². The predicted molar refractivity (Wildman–Crippen MR) is 474 cm³/mol. The SMILES string of the molecule is [2H]C([2H])(/C=C\CC)/C=C\C([2H])([2H])/C=C\C([2H])([2H])/C=C\C([2H])([2H])/C=C\C([2H])([2H])/C=C\CCC(C)=O.[2H]C([2H])(/C=C\CC)/C=C\C([2H])([2H])/C=C\C([2H])([2H])/C=C\C([2H])([2H])/C=C\CCCC(=O)O.[2H]C([2H])(/C=C\CC)/C=C\C([2H])([2H])/C=C\CCCCCCCC(=O)O.[2H]C([2H])(/C=C\CCCCC)/C=C\C([2H])([2H])/C=C\C([2H])([2H])/C=C\CCCC(=O)O.[2H]C([2H])(/C=C\CCCCC)/C=C\CCCCCCCC(=O)O. The Morgan fingerprint density at radius 2 is 0.352 bits per heavy atom. The average molecular weight is 1520 g/mol. The number of carboxylic acids is 4. The Labute approximate surface area is 705 Å². The highest BCUT2D eigenvalue weighted by atomic mass is 16.4. The fraction of sp³-hybridized carbons (Fsp3) is 0.545. The van der Waals surface area contributed by atoms with Gasteiger partial charge in [0.25, 0.3) is 0 Å². The molecule has 0 fully saturated rings. The Hall–Kier alpha value is -7.65. The monoisotopic (exact) mass is 1520 g/mol. The molecule has 608 valence electrons. The minimum atomic E-state index is -2.20. The zero-order valence-electron chi connectivity index (χ0n) is 96.3. The average Bonchev–Trinajstić information content (AvgIpc) is 0.764. The lowest BCUT2D eigenvalue weighted by molar-refractivity contribution is -0.138. The van der Waals surface area contributed by atoms with Crippen molar-refractivity contribution >= 4 is 29.7 Å². The first kappa shape index (κ1) is 63.0. The number of Topliss-reactive ketones (excluding diaryl/α,β-unsaturated/α-hetero) is 1. The predicted octanol–water partition coefficient (Wildman–Crippen LogP) is 30.8. The molecule has 0 amide bonds. The smallest absolute Gasteiger partial charge is 0.303 e. The lowest BCUT2D eigenvalue weighted by Crippen LogP contribution is -1.93. The molecular formula is C99H158O9. The van der Waals surface area contributed by atoms with Gasteiger partial charge >= 0.3 is 23.9 Å². The minimum absolute atomic E-state index is 0.0105. The quantitative estimate of drug-likeness (QED) is 0.0342. The number of aliphatic carboxylic acids is 4. The van der Waals surface area contributed by atoms with Crippen molar-refractivity contribution in [3.05, 3.63) is 243 Å². The second-order valence-electron chi connectivity index (χ2n) is 23.3. The number of allylic oxidation sites excluding steroid dienone is 40. The van der Waals surface area contributed by atoms with Crippen LogP contribution in [0.4, 0.5) is 0 Å². The second-order valence-corrected chi connectivity index (χ2v) is 23.3. The lowest BCUT2D eigenvalue weighted by atomic mass is 10.1. The summed E-state index contributed by atoms with van der Waals surface area (Å²) in [6, 6.07) is 0. The van der Waals surface area contributed by atoms with Gasteiger partial charge in [-0.2, -0.15) is 0 Å². The van der Waals surface area contributed by atoms with Gasteiger partial charge in [0.15, 0.2) is 0 Å². The number of unbranched alkanes of at least 4 members (excludes halogenated alkanes) is 18. The van der Waals surface area contributed by atoms with Gasteiger partial charge in [0.2, 0.25) is 0 Å². The molecule has 9 nitrogen and oxygen atoms in total. The molecule has 0 unspecified atom stereocenters. The molecule has 0 spiro atoms. The maximum atomic E-state index is 10.9. The van der Waals surface area contributed by atoms with E-state index in [9.17, 15) is 24.0 Å². The third-order valence-electron chi connectivity index (χ3n) is 13.3. The van der Waals surface area contributed by atoms with E-state index in [0.717, 1.165) is 225 Å². The summed E-state index contributed by atoms with van der Waals surface area (Å²) in [5.41, 5.74) is 0. The van der Waals surface area contributed by atoms with Crippen molar-refractivity contribution in [1.29, 1.82) is 0 Å². The Bertz CT molecular complexity index is 4030. The van der Waals surface area contributed by atoms with Crippen molar-refractivity contribution in [2.45, 2.75) is 349 Å². The molecule has 0 aromatic carbocycles. The summed E-state index contributed by atoms with van der Waals surface area (Å²) in [6.45, 7) is 11.3. The van der Waals surface area contributed by atoms with Crippen LogP contribution in [0.3, 0.4) is 0 Å². The number of hydrogen-bond acceptors (Lipinski definition) is 5. The topological polar surface area (TPSA) is 166 Å². The van der Waals surface area contributed by atoms with Crippen LogP contribution in [-0.2, 0) is 24.0 Å². The van der Waals surface area contributed by atoms with Gasteiger partial charge in [0.1, 0.15) is 5.78 Å². The van der Waals surface area contributed by atoms with Gasteiger partial charge in [-0.15, -0.1) is 0 Å². The van der Waals surface area contributed by atoms with Crippen molar-refractivity contribution in [2.24, 2.45) is 0 Å². The van der Waals surface area contributed by atoms with Crippen LogP contribution >= 0.6 is 0 Å². The molecule has 0 saturated carbocycles. The Morgan fingerprint density at radius 3 is 0.546 bits per heavy atom. The van der Waals surface area contributed by atoms with Crippen LogP contribution in [0, 0.1) is 0 Å². The summed E-state index contributed by atoms with van der Waals surface area (Å²) in [5.74, 6) is -3.29. The summed E-state index contributed by atoms with van der Waals surface area (Å²) in [4.78, 5) is 52.5. The highest BCUT2D eigenvalue weighted by molar-refractivity contribution is 5.75. The van der Waals surface area contributed by atoms with Gasteiger partial charge in [-0.3, -0.25) is 19.2 Å². The Morgan fingerprint density at radius 1 is 0.194 bits per heavy atom. The van der Waals surface area contributed by atoms with Crippen molar-refractivity contribution in [2.75, 3.05) is 0 Å². The van der Waals surface area contributed by atoms with Gasteiger partial charge in [-0.25, -0.2) is 0 Å². The number of rotatable bonds is 68. The summed E-state index contributed by atoms with van der Waals surface area (Å²) >= 11 is 0. The fourth-order valence-electron chi connectivity index (χ4n) is 7.60. The van der Waals surface area contributed by atoms with Crippen LogP contribution < -0.4 is 0 Å². The Balaban J connectivity index is -0.000000538. The van der Waals surface area contributed by atoms with Gasteiger partial charge in [-0.1, -0.05) is 342 Å². The molecule has 9 heteroatoms. The lowest BCUT2D eigenvalue weighted by Gasteiger charge is -1.98. The molecule has 0 rings (SSSR count). The number of hydrogen-bond donors (Lipinski definition) is 4. The van der Waals surface area contributed by atoms with Crippen LogP contribution in [0.1, 0.15) is 390 Å². The van der Waals surface area contributed by atoms with E-state index >= 15 is 0 Å². The van der Waals surface area contributed by atoms with Crippen LogP contribution in [-0.4, -0.2) is 50.1 Å². The number of carbonyl (C=O) groups excluding carboxylic acids is 1.